The Morgan fingerprint density at radius 3 is 2.63 bits per heavy atom. The van der Waals surface area contributed by atoms with E-state index >= 15 is 0 Å². The maximum atomic E-state index is 11.8. The molecule has 0 bridgehead atoms. The van der Waals surface area contributed by atoms with Crippen molar-refractivity contribution in [1.82, 2.24) is 0 Å². The van der Waals surface area contributed by atoms with E-state index < -0.39 is 0 Å². The normalized spacial score (nSPS) is 15.7. The molecule has 19 heavy (non-hydrogen) atoms. The van der Waals surface area contributed by atoms with Gasteiger partial charge in [-0.05, 0) is 49.4 Å². The molecule has 4 nitrogen and oxygen atoms in total. The lowest BCUT2D eigenvalue weighted by molar-refractivity contribution is -0.116. The molecule has 4 heteroatoms. The van der Waals surface area contributed by atoms with Crippen LogP contribution < -0.4 is 5.32 Å². The molecule has 1 N–H and O–H groups in total. The molecule has 1 aromatic carbocycles. The van der Waals surface area contributed by atoms with Gasteiger partial charge in [-0.3, -0.25) is 4.79 Å². The Bertz CT molecular complexity index is 456. The number of hydrogen-bond donors (Lipinski definition) is 1. The zero-order chi connectivity index (χ0) is 13.5. The first-order valence-electron chi connectivity index (χ1n) is 6.65. The number of carbonyl (C=O) groups is 1. The molecule has 1 amide bonds. The molecule has 2 rings (SSSR count). The number of amides is 1. The van der Waals surface area contributed by atoms with Gasteiger partial charge in [0.05, 0.1) is 11.6 Å². The van der Waals surface area contributed by atoms with E-state index in [1.165, 1.54) is 0 Å². The summed E-state index contributed by atoms with van der Waals surface area (Å²) in [6, 6.07) is 8.97. The van der Waals surface area contributed by atoms with Gasteiger partial charge in [-0.25, -0.2) is 0 Å². The van der Waals surface area contributed by atoms with Crippen molar-refractivity contribution in [3.63, 3.8) is 0 Å². The topological polar surface area (TPSA) is 62.1 Å². The van der Waals surface area contributed by atoms with Crippen LogP contribution in [-0.4, -0.2) is 19.1 Å². The van der Waals surface area contributed by atoms with Crippen LogP contribution in [0.1, 0.15) is 31.2 Å². The molecule has 1 aromatic rings. The van der Waals surface area contributed by atoms with Crippen LogP contribution in [0.25, 0.3) is 0 Å². The smallest absolute Gasteiger partial charge is 0.224 e. The van der Waals surface area contributed by atoms with Crippen molar-refractivity contribution in [3.05, 3.63) is 29.8 Å². The molecule has 0 saturated carbocycles. The van der Waals surface area contributed by atoms with Gasteiger partial charge in [0.15, 0.2) is 0 Å². The first-order valence-corrected chi connectivity index (χ1v) is 6.65. The Kier molecular flexibility index (Phi) is 4.93. The molecule has 1 aliphatic heterocycles. The minimum atomic E-state index is 0.0381. The lowest BCUT2D eigenvalue weighted by atomic mass is 9.95. The summed E-state index contributed by atoms with van der Waals surface area (Å²) in [7, 11) is 0. The van der Waals surface area contributed by atoms with Crippen molar-refractivity contribution in [3.8, 4) is 6.07 Å². The van der Waals surface area contributed by atoms with Crippen LogP contribution in [0.15, 0.2) is 24.3 Å². The Morgan fingerprint density at radius 2 is 2.00 bits per heavy atom. The summed E-state index contributed by atoms with van der Waals surface area (Å²) in [5.74, 6) is 0.650. The summed E-state index contributed by atoms with van der Waals surface area (Å²) >= 11 is 0. The first kappa shape index (κ1) is 13.6. The van der Waals surface area contributed by atoms with Gasteiger partial charge in [0, 0.05) is 25.3 Å². The van der Waals surface area contributed by atoms with Crippen molar-refractivity contribution in [2.24, 2.45) is 5.92 Å². The SMILES string of the molecule is N#Cc1ccc(NC(=O)CCC2CCOCC2)cc1. The largest absolute Gasteiger partial charge is 0.381 e. The molecule has 1 saturated heterocycles. The number of anilines is 1. The molecule has 1 fully saturated rings. The van der Waals surface area contributed by atoms with E-state index in [0.717, 1.165) is 38.2 Å². The third-order valence-corrected chi connectivity index (χ3v) is 3.42. The van der Waals surface area contributed by atoms with E-state index in [1.54, 1.807) is 24.3 Å². The fourth-order valence-corrected chi connectivity index (χ4v) is 2.22. The average molecular weight is 258 g/mol. The fourth-order valence-electron chi connectivity index (χ4n) is 2.22. The second-order valence-corrected chi connectivity index (χ2v) is 4.83. The highest BCUT2D eigenvalue weighted by Crippen LogP contribution is 2.20. The van der Waals surface area contributed by atoms with Gasteiger partial charge in [0.25, 0.3) is 0 Å². The van der Waals surface area contributed by atoms with Crippen LogP contribution >= 0.6 is 0 Å². The summed E-state index contributed by atoms with van der Waals surface area (Å²) in [5, 5.41) is 11.5. The molecule has 0 aliphatic carbocycles. The molecular weight excluding hydrogens is 240 g/mol. The second-order valence-electron chi connectivity index (χ2n) is 4.83. The molecule has 100 valence electrons. The lowest BCUT2D eigenvalue weighted by Gasteiger charge is -2.21. The monoisotopic (exact) mass is 258 g/mol. The molecule has 0 unspecified atom stereocenters. The number of ether oxygens (including phenoxy) is 1. The van der Waals surface area contributed by atoms with Gasteiger partial charge in [0.2, 0.25) is 5.91 Å². The molecule has 0 aromatic heterocycles. The molecule has 0 spiro atoms. The van der Waals surface area contributed by atoms with Crippen LogP contribution in [0.3, 0.4) is 0 Å². The number of hydrogen-bond acceptors (Lipinski definition) is 3. The van der Waals surface area contributed by atoms with Gasteiger partial charge in [-0.15, -0.1) is 0 Å². The minimum Gasteiger partial charge on any atom is -0.381 e. The Morgan fingerprint density at radius 1 is 1.32 bits per heavy atom. The standard InChI is InChI=1S/C15H18N2O2/c16-11-13-1-4-14(5-2-13)17-15(18)6-3-12-7-9-19-10-8-12/h1-2,4-5,12H,3,6-10H2,(H,17,18). The van der Waals surface area contributed by atoms with Gasteiger partial charge in [-0.1, -0.05) is 0 Å². The zero-order valence-electron chi connectivity index (χ0n) is 10.9. The zero-order valence-corrected chi connectivity index (χ0v) is 10.9. The second kappa shape index (κ2) is 6.91. The Balaban J connectivity index is 1.75. The number of nitriles is 1. The van der Waals surface area contributed by atoms with E-state index in [-0.39, 0.29) is 5.91 Å². The third-order valence-electron chi connectivity index (χ3n) is 3.42. The Labute approximate surface area is 113 Å². The van der Waals surface area contributed by atoms with Crippen molar-refractivity contribution >= 4 is 11.6 Å². The summed E-state index contributed by atoms with van der Waals surface area (Å²) in [6.07, 6.45) is 3.59. The summed E-state index contributed by atoms with van der Waals surface area (Å²) in [4.78, 5) is 11.8. The third kappa shape index (κ3) is 4.38. The molecule has 0 atom stereocenters. The lowest BCUT2D eigenvalue weighted by Crippen LogP contribution is -2.18. The maximum Gasteiger partial charge on any atom is 0.224 e. The number of nitrogens with zero attached hydrogens (tertiary/aromatic N) is 1. The highest BCUT2D eigenvalue weighted by Gasteiger charge is 2.15. The highest BCUT2D eigenvalue weighted by atomic mass is 16.5. The van der Waals surface area contributed by atoms with Gasteiger partial charge < -0.3 is 10.1 Å². The number of nitrogens with one attached hydrogen (secondary N) is 1. The number of benzene rings is 1. The van der Waals surface area contributed by atoms with E-state index in [4.69, 9.17) is 10.00 Å². The van der Waals surface area contributed by atoms with Gasteiger partial charge in [0.1, 0.15) is 0 Å². The van der Waals surface area contributed by atoms with Crippen molar-refractivity contribution in [2.75, 3.05) is 18.5 Å². The first-order chi connectivity index (χ1) is 9.28. The predicted octanol–water partition coefficient (Wildman–Crippen LogP) is 2.70. The quantitative estimate of drug-likeness (QED) is 0.903. The summed E-state index contributed by atoms with van der Waals surface area (Å²) in [5.41, 5.74) is 1.34. The summed E-state index contributed by atoms with van der Waals surface area (Å²) in [6.45, 7) is 1.64. The van der Waals surface area contributed by atoms with Crippen LogP contribution in [-0.2, 0) is 9.53 Å². The van der Waals surface area contributed by atoms with Crippen molar-refractivity contribution in [2.45, 2.75) is 25.7 Å². The maximum absolute atomic E-state index is 11.8. The van der Waals surface area contributed by atoms with E-state index in [0.29, 0.717) is 17.9 Å². The van der Waals surface area contributed by atoms with Crippen LogP contribution in [0.4, 0.5) is 5.69 Å². The van der Waals surface area contributed by atoms with Crippen LogP contribution in [0.5, 0.6) is 0 Å². The molecule has 0 radical (unpaired) electrons. The summed E-state index contributed by atoms with van der Waals surface area (Å²) < 4.78 is 5.30. The van der Waals surface area contributed by atoms with Gasteiger partial charge >= 0.3 is 0 Å². The Hall–Kier alpha value is -1.86. The molecular formula is C15H18N2O2. The average Bonchev–Trinajstić information content (AvgIpc) is 2.47. The molecule has 1 heterocycles. The van der Waals surface area contributed by atoms with Crippen LogP contribution in [0.2, 0.25) is 0 Å². The predicted molar refractivity (Wildman–Crippen MR) is 72.6 cm³/mol. The van der Waals surface area contributed by atoms with Crippen molar-refractivity contribution < 1.29 is 9.53 Å². The number of rotatable bonds is 4. The van der Waals surface area contributed by atoms with Gasteiger partial charge in [-0.2, -0.15) is 5.26 Å². The minimum absolute atomic E-state index is 0.0381. The van der Waals surface area contributed by atoms with Crippen molar-refractivity contribution in [1.29, 1.82) is 5.26 Å². The van der Waals surface area contributed by atoms with Crippen LogP contribution in [0, 0.1) is 17.2 Å². The fraction of sp³-hybridized carbons (Fsp3) is 0.467. The number of carbonyl (C=O) groups excluding carboxylic acids is 1. The van der Waals surface area contributed by atoms with E-state index in [2.05, 4.69) is 11.4 Å². The molecule has 1 aliphatic rings. The van der Waals surface area contributed by atoms with E-state index in [9.17, 15) is 4.79 Å². The highest BCUT2D eigenvalue weighted by molar-refractivity contribution is 5.90. The van der Waals surface area contributed by atoms with E-state index in [1.807, 2.05) is 0 Å².